The summed E-state index contributed by atoms with van der Waals surface area (Å²) in [6, 6.07) is 0.691. The summed E-state index contributed by atoms with van der Waals surface area (Å²) in [5.41, 5.74) is 0. The van der Waals surface area contributed by atoms with Gasteiger partial charge in [-0.2, -0.15) is 0 Å². The SMILES string of the molecule is COCCOCC[C@H]1CCCCN1. The third-order valence-corrected chi connectivity index (χ3v) is 2.45. The Bertz CT molecular complexity index is 113. The largest absolute Gasteiger partial charge is 0.382 e. The van der Waals surface area contributed by atoms with E-state index < -0.39 is 0 Å². The van der Waals surface area contributed by atoms with Crippen LogP contribution in [0.5, 0.6) is 0 Å². The molecule has 1 aliphatic heterocycles. The Hall–Kier alpha value is -0.120. The van der Waals surface area contributed by atoms with Gasteiger partial charge in [0, 0.05) is 19.8 Å². The maximum Gasteiger partial charge on any atom is 0.0700 e. The highest BCUT2D eigenvalue weighted by molar-refractivity contribution is 4.71. The number of hydrogen-bond donors (Lipinski definition) is 1. The molecule has 0 aromatic heterocycles. The molecule has 1 aliphatic rings. The highest BCUT2D eigenvalue weighted by Crippen LogP contribution is 2.09. The lowest BCUT2D eigenvalue weighted by Crippen LogP contribution is -2.34. The molecule has 0 aliphatic carbocycles. The van der Waals surface area contributed by atoms with Gasteiger partial charge in [0.1, 0.15) is 0 Å². The summed E-state index contributed by atoms with van der Waals surface area (Å²) < 4.78 is 10.3. The number of rotatable bonds is 6. The molecule has 1 heterocycles. The Balaban J connectivity index is 1.86. The normalized spacial score (nSPS) is 23.3. The van der Waals surface area contributed by atoms with E-state index in [-0.39, 0.29) is 0 Å². The fourth-order valence-corrected chi connectivity index (χ4v) is 1.64. The van der Waals surface area contributed by atoms with Crippen molar-refractivity contribution in [3.63, 3.8) is 0 Å². The summed E-state index contributed by atoms with van der Waals surface area (Å²) in [6.45, 7) is 3.48. The molecule has 0 radical (unpaired) electrons. The average Bonchev–Trinajstić information content (AvgIpc) is 2.19. The van der Waals surface area contributed by atoms with Crippen LogP contribution in [0.3, 0.4) is 0 Å². The molecule has 0 spiro atoms. The van der Waals surface area contributed by atoms with Gasteiger partial charge in [0.15, 0.2) is 0 Å². The van der Waals surface area contributed by atoms with Gasteiger partial charge in [0.2, 0.25) is 0 Å². The van der Waals surface area contributed by atoms with E-state index in [0.717, 1.165) is 19.6 Å². The highest BCUT2D eigenvalue weighted by Gasteiger charge is 2.11. The third-order valence-electron chi connectivity index (χ3n) is 2.45. The predicted molar refractivity (Wildman–Crippen MR) is 53.0 cm³/mol. The summed E-state index contributed by atoms with van der Waals surface area (Å²) in [7, 11) is 1.70. The number of methoxy groups -OCH3 is 1. The molecular weight excluding hydrogens is 166 g/mol. The van der Waals surface area contributed by atoms with Crippen LogP contribution in [-0.4, -0.2) is 39.5 Å². The molecule has 1 rings (SSSR count). The molecule has 1 fully saturated rings. The zero-order chi connectivity index (χ0) is 9.36. The minimum Gasteiger partial charge on any atom is -0.382 e. The number of nitrogens with one attached hydrogen (secondary N) is 1. The maximum atomic E-state index is 5.41. The summed E-state index contributed by atoms with van der Waals surface area (Å²) in [4.78, 5) is 0. The second kappa shape index (κ2) is 7.30. The Morgan fingerprint density at radius 2 is 2.15 bits per heavy atom. The summed E-state index contributed by atoms with van der Waals surface area (Å²) >= 11 is 0. The molecule has 0 bridgehead atoms. The van der Waals surface area contributed by atoms with Crippen molar-refractivity contribution < 1.29 is 9.47 Å². The molecule has 1 saturated heterocycles. The van der Waals surface area contributed by atoms with Crippen molar-refractivity contribution >= 4 is 0 Å². The van der Waals surface area contributed by atoms with E-state index in [0.29, 0.717) is 12.6 Å². The molecular formula is C10H21NO2. The predicted octanol–water partition coefficient (Wildman–Crippen LogP) is 1.18. The van der Waals surface area contributed by atoms with Crippen LogP contribution in [0.1, 0.15) is 25.7 Å². The van der Waals surface area contributed by atoms with E-state index in [1.807, 2.05) is 0 Å². The van der Waals surface area contributed by atoms with Gasteiger partial charge in [-0.1, -0.05) is 6.42 Å². The molecule has 3 heteroatoms. The van der Waals surface area contributed by atoms with Gasteiger partial charge >= 0.3 is 0 Å². The van der Waals surface area contributed by atoms with Crippen molar-refractivity contribution in [2.24, 2.45) is 0 Å². The molecule has 0 saturated carbocycles. The highest BCUT2D eigenvalue weighted by atomic mass is 16.5. The quantitative estimate of drug-likeness (QED) is 0.633. The van der Waals surface area contributed by atoms with Crippen LogP contribution in [0, 0.1) is 0 Å². The van der Waals surface area contributed by atoms with Crippen LogP contribution < -0.4 is 5.32 Å². The smallest absolute Gasteiger partial charge is 0.0700 e. The maximum absolute atomic E-state index is 5.41. The molecule has 0 aromatic rings. The molecule has 13 heavy (non-hydrogen) atoms. The molecule has 0 amide bonds. The van der Waals surface area contributed by atoms with Crippen molar-refractivity contribution in [2.45, 2.75) is 31.7 Å². The van der Waals surface area contributed by atoms with Gasteiger partial charge in [-0.15, -0.1) is 0 Å². The second-order valence-corrected chi connectivity index (χ2v) is 3.54. The number of hydrogen-bond acceptors (Lipinski definition) is 3. The van der Waals surface area contributed by atoms with Crippen molar-refractivity contribution in [1.82, 2.24) is 5.32 Å². The monoisotopic (exact) mass is 187 g/mol. The van der Waals surface area contributed by atoms with E-state index in [1.54, 1.807) is 7.11 Å². The third kappa shape index (κ3) is 5.24. The van der Waals surface area contributed by atoms with Gasteiger partial charge < -0.3 is 14.8 Å². The Labute approximate surface area is 80.8 Å². The lowest BCUT2D eigenvalue weighted by atomic mass is 10.0. The van der Waals surface area contributed by atoms with Gasteiger partial charge in [0.05, 0.1) is 13.2 Å². The van der Waals surface area contributed by atoms with Crippen LogP contribution in [0.2, 0.25) is 0 Å². The molecule has 3 nitrogen and oxygen atoms in total. The van der Waals surface area contributed by atoms with Crippen molar-refractivity contribution in [3.8, 4) is 0 Å². The number of ether oxygens (including phenoxy) is 2. The van der Waals surface area contributed by atoms with Crippen LogP contribution in [0.4, 0.5) is 0 Å². The van der Waals surface area contributed by atoms with E-state index >= 15 is 0 Å². The molecule has 78 valence electrons. The van der Waals surface area contributed by atoms with Crippen molar-refractivity contribution in [1.29, 1.82) is 0 Å². The summed E-state index contributed by atoms with van der Waals surface area (Å²) in [5.74, 6) is 0. The first kappa shape index (κ1) is 11.0. The summed E-state index contributed by atoms with van der Waals surface area (Å²) in [6.07, 6.45) is 5.16. The standard InChI is InChI=1S/C10H21NO2/c1-12-8-9-13-7-5-10-4-2-3-6-11-10/h10-11H,2-9H2,1H3/t10-/m1/s1. The van der Waals surface area contributed by atoms with Gasteiger partial charge in [-0.05, 0) is 25.8 Å². The Morgan fingerprint density at radius 1 is 1.23 bits per heavy atom. The zero-order valence-electron chi connectivity index (χ0n) is 8.55. The fraction of sp³-hybridized carbons (Fsp3) is 1.00. The first-order valence-corrected chi connectivity index (χ1v) is 5.23. The lowest BCUT2D eigenvalue weighted by molar-refractivity contribution is 0.0646. The topological polar surface area (TPSA) is 30.5 Å². The first-order valence-electron chi connectivity index (χ1n) is 5.23. The Morgan fingerprint density at radius 3 is 2.85 bits per heavy atom. The molecule has 1 atom stereocenters. The summed E-state index contributed by atoms with van der Waals surface area (Å²) in [5, 5.41) is 3.50. The van der Waals surface area contributed by atoms with E-state index in [9.17, 15) is 0 Å². The zero-order valence-corrected chi connectivity index (χ0v) is 8.55. The number of piperidine rings is 1. The van der Waals surface area contributed by atoms with Crippen molar-refractivity contribution in [3.05, 3.63) is 0 Å². The minimum absolute atomic E-state index is 0.691. The molecule has 0 aromatic carbocycles. The van der Waals surface area contributed by atoms with Crippen LogP contribution in [0.25, 0.3) is 0 Å². The fourth-order valence-electron chi connectivity index (χ4n) is 1.64. The average molecular weight is 187 g/mol. The van der Waals surface area contributed by atoms with Gasteiger partial charge in [-0.3, -0.25) is 0 Å². The van der Waals surface area contributed by atoms with E-state index in [2.05, 4.69) is 5.32 Å². The minimum atomic E-state index is 0.691. The van der Waals surface area contributed by atoms with Crippen LogP contribution >= 0.6 is 0 Å². The van der Waals surface area contributed by atoms with Crippen LogP contribution in [-0.2, 0) is 9.47 Å². The second-order valence-electron chi connectivity index (χ2n) is 3.54. The van der Waals surface area contributed by atoms with Gasteiger partial charge in [-0.25, -0.2) is 0 Å². The Kier molecular flexibility index (Phi) is 6.15. The molecule has 0 unspecified atom stereocenters. The van der Waals surface area contributed by atoms with Gasteiger partial charge in [0.25, 0.3) is 0 Å². The van der Waals surface area contributed by atoms with E-state index in [4.69, 9.17) is 9.47 Å². The lowest BCUT2D eigenvalue weighted by Gasteiger charge is -2.23. The van der Waals surface area contributed by atoms with Crippen LogP contribution in [0.15, 0.2) is 0 Å². The van der Waals surface area contributed by atoms with E-state index in [1.165, 1.54) is 25.8 Å². The first-order chi connectivity index (χ1) is 6.43. The van der Waals surface area contributed by atoms with Crippen molar-refractivity contribution in [2.75, 3.05) is 33.5 Å². The molecule has 1 N–H and O–H groups in total.